The molecular weight excluding hydrogens is 279 g/mol. The minimum Gasteiger partial charge on any atom is -0.486 e. The van der Waals surface area contributed by atoms with Crippen LogP contribution in [0.4, 0.5) is 0 Å². The van der Waals surface area contributed by atoms with Gasteiger partial charge in [0.1, 0.15) is 13.2 Å². The van der Waals surface area contributed by atoms with E-state index < -0.39 is 0 Å². The SMILES string of the molecule is ClCC=Cc1cc(Br)c2c(c1)OCCO2. The largest absolute Gasteiger partial charge is 0.486 e. The van der Waals surface area contributed by atoms with E-state index in [0.29, 0.717) is 19.1 Å². The maximum Gasteiger partial charge on any atom is 0.175 e. The predicted molar refractivity (Wildman–Crippen MR) is 64.9 cm³/mol. The van der Waals surface area contributed by atoms with Gasteiger partial charge in [-0.1, -0.05) is 12.2 Å². The minimum absolute atomic E-state index is 0.506. The second-order valence-electron chi connectivity index (χ2n) is 3.08. The third-order valence-corrected chi connectivity index (χ3v) is 2.79. The molecule has 0 radical (unpaired) electrons. The maximum absolute atomic E-state index is 5.58. The molecule has 0 atom stereocenters. The topological polar surface area (TPSA) is 18.5 Å². The van der Waals surface area contributed by atoms with Crippen molar-refractivity contribution in [3.63, 3.8) is 0 Å². The van der Waals surface area contributed by atoms with Crippen LogP contribution in [0.5, 0.6) is 11.5 Å². The standard InChI is InChI=1S/C11H10BrClO2/c12-9-6-8(2-1-3-13)7-10-11(9)15-5-4-14-10/h1-2,6-7H,3-5H2. The maximum atomic E-state index is 5.58. The molecule has 0 saturated carbocycles. The van der Waals surface area contributed by atoms with Crippen LogP contribution in [-0.2, 0) is 0 Å². The van der Waals surface area contributed by atoms with Gasteiger partial charge in [-0.2, -0.15) is 0 Å². The highest BCUT2D eigenvalue weighted by atomic mass is 79.9. The molecule has 0 aromatic heterocycles. The van der Waals surface area contributed by atoms with Crippen molar-refractivity contribution in [2.24, 2.45) is 0 Å². The normalized spacial score (nSPS) is 14.5. The summed E-state index contributed by atoms with van der Waals surface area (Å²) in [6, 6.07) is 3.93. The number of benzene rings is 1. The van der Waals surface area contributed by atoms with Crippen LogP contribution in [-0.4, -0.2) is 19.1 Å². The Morgan fingerprint density at radius 1 is 1.33 bits per heavy atom. The van der Waals surface area contributed by atoms with Crippen LogP contribution < -0.4 is 9.47 Å². The lowest BCUT2D eigenvalue weighted by atomic mass is 10.2. The Morgan fingerprint density at radius 2 is 2.13 bits per heavy atom. The molecular formula is C11H10BrClO2. The molecule has 0 amide bonds. The van der Waals surface area contributed by atoms with Crippen molar-refractivity contribution in [3.8, 4) is 11.5 Å². The number of allylic oxidation sites excluding steroid dienone is 1. The predicted octanol–water partition coefficient (Wildman–Crippen LogP) is 3.47. The van der Waals surface area contributed by atoms with Crippen molar-refractivity contribution in [3.05, 3.63) is 28.2 Å². The van der Waals surface area contributed by atoms with Gasteiger partial charge in [-0.05, 0) is 33.6 Å². The molecule has 1 aliphatic heterocycles. The van der Waals surface area contributed by atoms with Crippen LogP contribution in [0.25, 0.3) is 6.08 Å². The number of rotatable bonds is 2. The summed E-state index contributed by atoms with van der Waals surface area (Å²) in [4.78, 5) is 0. The quantitative estimate of drug-likeness (QED) is 0.776. The molecule has 2 rings (SSSR count). The monoisotopic (exact) mass is 288 g/mol. The first kappa shape index (κ1) is 10.8. The summed E-state index contributed by atoms with van der Waals surface area (Å²) in [6.45, 7) is 1.20. The summed E-state index contributed by atoms with van der Waals surface area (Å²) < 4.78 is 11.9. The minimum atomic E-state index is 0.506. The Labute approximate surface area is 102 Å². The molecule has 0 aliphatic carbocycles. The summed E-state index contributed by atoms with van der Waals surface area (Å²) >= 11 is 9.03. The molecule has 1 aromatic rings. The molecule has 15 heavy (non-hydrogen) atoms. The van der Waals surface area contributed by atoms with E-state index in [9.17, 15) is 0 Å². The van der Waals surface area contributed by atoms with Crippen molar-refractivity contribution in [2.45, 2.75) is 0 Å². The molecule has 2 nitrogen and oxygen atoms in total. The molecule has 1 aromatic carbocycles. The van der Waals surface area contributed by atoms with Gasteiger partial charge in [-0.3, -0.25) is 0 Å². The number of hydrogen-bond donors (Lipinski definition) is 0. The number of fused-ring (bicyclic) bond motifs is 1. The molecule has 80 valence electrons. The van der Waals surface area contributed by atoms with Crippen molar-refractivity contribution >= 4 is 33.6 Å². The summed E-state index contributed by atoms with van der Waals surface area (Å²) in [7, 11) is 0. The van der Waals surface area contributed by atoms with E-state index in [4.69, 9.17) is 21.1 Å². The summed E-state index contributed by atoms with van der Waals surface area (Å²) in [5.41, 5.74) is 1.05. The van der Waals surface area contributed by atoms with Gasteiger partial charge >= 0.3 is 0 Å². The average molecular weight is 290 g/mol. The highest BCUT2D eigenvalue weighted by Gasteiger charge is 2.15. The fraction of sp³-hybridized carbons (Fsp3) is 0.273. The van der Waals surface area contributed by atoms with Crippen molar-refractivity contribution in [2.75, 3.05) is 19.1 Å². The molecule has 1 heterocycles. The summed E-state index contributed by atoms with van der Waals surface area (Å²) in [5.74, 6) is 2.07. The Kier molecular flexibility index (Phi) is 3.54. The zero-order chi connectivity index (χ0) is 10.7. The Bertz CT molecular complexity index is 390. The summed E-state index contributed by atoms with van der Waals surface area (Å²) in [6.07, 6.45) is 3.84. The fourth-order valence-corrected chi connectivity index (χ4v) is 2.07. The van der Waals surface area contributed by atoms with Crippen LogP contribution in [0.15, 0.2) is 22.7 Å². The molecule has 1 aliphatic rings. The van der Waals surface area contributed by atoms with Crippen LogP contribution in [0, 0.1) is 0 Å². The van der Waals surface area contributed by atoms with Crippen LogP contribution in [0.1, 0.15) is 5.56 Å². The van der Waals surface area contributed by atoms with Gasteiger partial charge in [0.05, 0.1) is 4.47 Å². The van der Waals surface area contributed by atoms with Gasteiger partial charge in [0, 0.05) is 5.88 Å². The zero-order valence-electron chi connectivity index (χ0n) is 8.00. The second-order valence-corrected chi connectivity index (χ2v) is 4.25. The first-order chi connectivity index (χ1) is 7.31. The zero-order valence-corrected chi connectivity index (χ0v) is 10.3. The molecule has 0 spiro atoms. The van der Waals surface area contributed by atoms with Crippen molar-refractivity contribution < 1.29 is 9.47 Å². The summed E-state index contributed by atoms with van der Waals surface area (Å²) in [5, 5.41) is 0. The van der Waals surface area contributed by atoms with E-state index in [1.807, 2.05) is 24.3 Å². The Morgan fingerprint density at radius 3 is 2.93 bits per heavy atom. The van der Waals surface area contributed by atoms with Crippen LogP contribution in [0.3, 0.4) is 0 Å². The van der Waals surface area contributed by atoms with Gasteiger partial charge in [0.25, 0.3) is 0 Å². The lowest BCUT2D eigenvalue weighted by molar-refractivity contribution is 0.170. The van der Waals surface area contributed by atoms with E-state index in [2.05, 4.69) is 15.9 Å². The number of ether oxygens (including phenoxy) is 2. The molecule has 0 N–H and O–H groups in total. The van der Waals surface area contributed by atoms with E-state index in [0.717, 1.165) is 21.5 Å². The van der Waals surface area contributed by atoms with E-state index >= 15 is 0 Å². The van der Waals surface area contributed by atoms with Gasteiger partial charge in [0.2, 0.25) is 0 Å². The third kappa shape index (κ3) is 2.47. The lowest BCUT2D eigenvalue weighted by Gasteiger charge is -2.19. The van der Waals surface area contributed by atoms with E-state index in [-0.39, 0.29) is 0 Å². The first-order valence-corrected chi connectivity index (χ1v) is 5.95. The number of hydrogen-bond acceptors (Lipinski definition) is 2. The van der Waals surface area contributed by atoms with Crippen LogP contribution >= 0.6 is 27.5 Å². The second kappa shape index (κ2) is 4.90. The fourth-order valence-electron chi connectivity index (χ4n) is 1.41. The molecule has 4 heteroatoms. The van der Waals surface area contributed by atoms with Gasteiger partial charge in [0.15, 0.2) is 11.5 Å². The van der Waals surface area contributed by atoms with Crippen molar-refractivity contribution in [1.29, 1.82) is 0 Å². The van der Waals surface area contributed by atoms with E-state index in [1.165, 1.54) is 0 Å². The average Bonchev–Trinajstić information content (AvgIpc) is 2.26. The smallest absolute Gasteiger partial charge is 0.175 e. The Balaban J connectivity index is 2.36. The van der Waals surface area contributed by atoms with Gasteiger partial charge < -0.3 is 9.47 Å². The highest BCUT2D eigenvalue weighted by Crippen LogP contribution is 2.38. The third-order valence-electron chi connectivity index (χ3n) is 2.02. The Hall–Kier alpha value is -0.670. The molecule has 0 saturated heterocycles. The first-order valence-electron chi connectivity index (χ1n) is 4.63. The molecule has 0 bridgehead atoms. The van der Waals surface area contributed by atoms with Crippen molar-refractivity contribution in [1.82, 2.24) is 0 Å². The number of alkyl halides is 1. The van der Waals surface area contributed by atoms with Crippen LogP contribution in [0.2, 0.25) is 0 Å². The van der Waals surface area contributed by atoms with E-state index in [1.54, 1.807) is 0 Å². The molecule has 0 unspecified atom stereocenters. The van der Waals surface area contributed by atoms with Gasteiger partial charge in [-0.25, -0.2) is 0 Å². The molecule has 0 fully saturated rings. The highest BCUT2D eigenvalue weighted by molar-refractivity contribution is 9.10. The number of halogens is 2. The van der Waals surface area contributed by atoms with Gasteiger partial charge in [-0.15, -0.1) is 11.6 Å². The lowest BCUT2D eigenvalue weighted by Crippen LogP contribution is -2.15.